The molecular weight excluding hydrogens is 658 g/mol. The lowest BCUT2D eigenvalue weighted by Crippen LogP contribution is -2.29. The Balaban J connectivity index is 1.44. The van der Waals surface area contributed by atoms with E-state index in [0.29, 0.717) is 42.5 Å². The summed E-state index contributed by atoms with van der Waals surface area (Å²) in [6, 6.07) is 27.3. The van der Waals surface area contributed by atoms with E-state index in [1.807, 2.05) is 60.0 Å². The maximum Gasteiger partial charge on any atom is 0.228 e. The first-order chi connectivity index (χ1) is 20.4. The van der Waals surface area contributed by atoms with Crippen LogP contribution < -0.4 is 10.2 Å². The first kappa shape index (κ1) is 28.9. The van der Waals surface area contributed by atoms with Gasteiger partial charge in [-0.25, -0.2) is 4.98 Å². The molecule has 0 unspecified atom stereocenters. The van der Waals surface area contributed by atoms with Crippen molar-refractivity contribution in [3.8, 4) is 12.1 Å². The van der Waals surface area contributed by atoms with Gasteiger partial charge in [-0.3, -0.25) is 0 Å². The van der Waals surface area contributed by atoms with Crippen LogP contribution >= 0.6 is 31.9 Å². The number of hydrogen-bond acceptors (Lipinski definition) is 8. The molecule has 0 bridgehead atoms. The summed E-state index contributed by atoms with van der Waals surface area (Å²) >= 11 is 7.15. The lowest BCUT2D eigenvalue weighted by molar-refractivity contribution is 0.665. The topological polar surface area (TPSA) is 119 Å². The van der Waals surface area contributed by atoms with Gasteiger partial charge >= 0.3 is 0 Å². The quantitative estimate of drug-likeness (QED) is 0.173. The van der Waals surface area contributed by atoms with Crippen molar-refractivity contribution in [3.05, 3.63) is 122 Å². The highest BCUT2D eigenvalue weighted by molar-refractivity contribution is 9.11. The van der Waals surface area contributed by atoms with Gasteiger partial charge in [0.05, 0.1) is 46.5 Å². The van der Waals surface area contributed by atoms with E-state index < -0.39 is 0 Å². The van der Waals surface area contributed by atoms with Gasteiger partial charge in [0.1, 0.15) is 6.33 Å². The van der Waals surface area contributed by atoms with Gasteiger partial charge in [-0.2, -0.15) is 15.5 Å². The van der Waals surface area contributed by atoms with Crippen LogP contribution in [0.5, 0.6) is 0 Å². The van der Waals surface area contributed by atoms with Gasteiger partial charge in [0.2, 0.25) is 5.95 Å². The molecule has 2 aromatic heterocycles. The molecule has 42 heavy (non-hydrogen) atoms. The standard InChI is InChI=1S/C31H25Br2N9/c1-21-29(33)30(38-27-12-8-24(17-35)9-13-27)39-31(37-21)41(15-14-22-6-10-26(32)11-7-22)19-28-40-36-20-42(28)18-25-4-2-23(16-34)3-5-25/h2-13,20H,14-15,18-19H2,1H3,(H,37,38,39). The summed E-state index contributed by atoms with van der Waals surface area (Å²) in [5.41, 5.74) is 5.03. The van der Waals surface area contributed by atoms with Crippen LogP contribution in [-0.2, 0) is 19.5 Å². The van der Waals surface area contributed by atoms with Gasteiger partial charge in [0, 0.05) is 16.7 Å². The third-order valence-electron chi connectivity index (χ3n) is 6.61. The fraction of sp³-hybridized carbons (Fsp3) is 0.161. The second kappa shape index (κ2) is 13.4. The normalized spacial score (nSPS) is 10.6. The van der Waals surface area contributed by atoms with E-state index in [2.05, 4.69) is 76.5 Å². The molecule has 0 atom stereocenters. The van der Waals surface area contributed by atoms with E-state index >= 15 is 0 Å². The highest BCUT2D eigenvalue weighted by atomic mass is 79.9. The smallest absolute Gasteiger partial charge is 0.228 e. The predicted molar refractivity (Wildman–Crippen MR) is 168 cm³/mol. The zero-order valence-corrected chi connectivity index (χ0v) is 25.8. The highest BCUT2D eigenvalue weighted by Gasteiger charge is 2.19. The zero-order valence-electron chi connectivity index (χ0n) is 22.7. The minimum absolute atomic E-state index is 0.435. The summed E-state index contributed by atoms with van der Waals surface area (Å²) in [5, 5.41) is 30.2. The number of aromatic nitrogens is 5. The molecule has 5 aromatic rings. The Morgan fingerprint density at radius 3 is 2.17 bits per heavy atom. The summed E-state index contributed by atoms with van der Waals surface area (Å²) in [7, 11) is 0. The molecule has 0 aliphatic rings. The fourth-order valence-corrected chi connectivity index (χ4v) is 4.82. The Morgan fingerprint density at radius 2 is 1.50 bits per heavy atom. The number of nitrogens with zero attached hydrogens (tertiary/aromatic N) is 8. The Hall–Kier alpha value is -4.58. The number of nitriles is 2. The Labute approximate surface area is 260 Å². The van der Waals surface area contributed by atoms with Crippen molar-refractivity contribution in [1.82, 2.24) is 24.7 Å². The van der Waals surface area contributed by atoms with Crippen molar-refractivity contribution < 1.29 is 0 Å². The molecule has 208 valence electrons. The third-order valence-corrected chi connectivity index (χ3v) is 8.09. The summed E-state index contributed by atoms with van der Waals surface area (Å²) in [4.78, 5) is 11.8. The molecule has 0 radical (unpaired) electrons. The largest absolute Gasteiger partial charge is 0.339 e. The predicted octanol–water partition coefficient (Wildman–Crippen LogP) is 6.69. The summed E-state index contributed by atoms with van der Waals surface area (Å²) in [5.74, 6) is 1.94. The van der Waals surface area contributed by atoms with Crippen molar-refractivity contribution in [2.75, 3.05) is 16.8 Å². The monoisotopic (exact) mass is 681 g/mol. The molecule has 11 heteroatoms. The van der Waals surface area contributed by atoms with Gasteiger partial charge in [-0.1, -0.05) is 40.2 Å². The molecule has 9 nitrogen and oxygen atoms in total. The van der Waals surface area contributed by atoms with Crippen LogP contribution in [0, 0.1) is 29.6 Å². The summed E-state index contributed by atoms with van der Waals surface area (Å²) < 4.78 is 3.78. The Kier molecular flexibility index (Phi) is 9.22. The van der Waals surface area contributed by atoms with Crippen LogP contribution in [0.15, 0.2) is 88.1 Å². The number of benzene rings is 3. The second-order valence-corrected chi connectivity index (χ2v) is 11.3. The lowest BCUT2D eigenvalue weighted by atomic mass is 10.1. The molecule has 0 aliphatic heterocycles. The maximum absolute atomic E-state index is 9.14. The molecule has 1 N–H and O–H groups in total. The number of halogens is 2. The molecule has 0 saturated carbocycles. The first-order valence-electron chi connectivity index (χ1n) is 13.1. The summed E-state index contributed by atoms with van der Waals surface area (Å²) in [6.07, 6.45) is 2.49. The van der Waals surface area contributed by atoms with E-state index in [1.165, 1.54) is 5.56 Å². The van der Waals surface area contributed by atoms with E-state index in [0.717, 1.165) is 38.1 Å². The number of rotatable bonds is 10. The van der Waals surface area contributed by atoms with E-state index in [4.69, 9.17) is 20.5 Å². The van der Waals surface area contributed by atoms with Crippen LogP contribution in [0.3, 0.4) is 0 Å². The van der Waals surface area contributed by atoms with E-state index in [1.54, 1.807) is 18.5 Å². The van der Waals surface area contributed by atoms with Gasteiger partial charge in [-0.15, -0.1) is 10.2 Å². The SMILES string of the molecule is Cc1nc(N(CCc2ccc(Br)cc2)Cc2nncn2Cc2ccc(C#N)cc2)nc(Nc2ccc(C#N)cc2)c1Br. The van der Waals surface area contributed by atoms with Crippen LogP contribution in [-0.4, -0.2) is 31.3 Å². The van der Waals surface area contributed by atoms with Crippen LogP contribution in [0.2, 0.25) is 0 Å². The van der Waals surface area contributed by atoms with Crippen molar-refractivity contribution in [2.45, 2.75) is 26.4 Å². The lowest BCUT2D eigenvalue weighted by Gasteiger charge is -2.24. The number of anilines is 3. The second-order valence-electron chi connectivity index (χ2n) is 9.57. The van der Waals surface area contributed by atoms with Crippen molar-refractivity contribution in [1.29, 1.82) is 10.5 Å². The first-order valence-corrected chi connectivity index (χ1v) is 14.7. The van der Waals surface area contributed by atoms with Gasteiger partial charge in [-0.05, 0) is 88.9 Å². The van der Waals surface area contributed by atoms with E-state index in [9.17, 15) is 0 Å². The Bertz CT molecular complexity index is 1750. The van der Waals surface area contributed by atoms with Gasteiger partial charge < -0.3 is 14.8 Å². The van der Waals surface area contributed by atoms with Crippen molar-refractivity contribution in [2.24, 2.45) is 0 Å². The third kappa shape index (κ3) is 7.19. The van der Waals surface area contributed by atoms with Crippen LogP contribution in [0.25, 0.3) is 0 Å². The maximum atomic E-state index is 9.14. The molecule has 0 fully saturated rings. The fourth-order valence-electron chi connectivity index (χ4n) is 4.28. The van der Waals surface area contributed by atoms with Crippen LogP contribution in [0.4, 0.5) is 17.5 Å². The molecule has 0 saturated heterocycles. The zero-order chi connectivity index (χ0) is 29.5. The van der Waals surface area contributed by atoms with E-state index in [-0.39, 0.29) is 0 Å². The molecule has 3 aromatic carbocycles. The molecule has 5 rings (SSSR count). The minimum atomic E-state index is 0.435. The Morgan fingerprint density at radius 1 is 0.857 bits per heavy atom. The minimum Gasteiger partial charge on any atom is -0.339 e. The van der Waals surface area contributed by atoms with Gasteiger partial charge in [0.15, 0.2) is 11.6 Å². The molecule has 0 aliphatic carbocycles. The van der Waals surface area contributed by atoms with Crippen molar-refractivity contribution >= 4 is 49.3 Å². The highest BCUT2D eigenvalue weighted by Crippen LogP contribution is 2.29. The van der Waals surface area contributed by atoms with Gasteiger partial charge in [0.25, 0.3) is 0 Å². The number of aryl methyl sites for hydroxylation is 1. The molecule has 0 amide bonds. The van der Waals surface area contributed by atoms with Crippen molar-refractivity contribution in [3.63, 3.8) is 0 Å². The average molecular weight is 683 g/mol. The number of hydrogen-bond donors (Lipinski definition) is 1. The molecular formula is C31H25Br2N9. The molecule has 2 heterocycles. The number of nitrogens with one attached hydrogen (secondary N) is 1. The molecule has 0 spiro atoms. The average Bonchev–Trinajstić information content (AvgIpc) is 3.45. The summed E-state index contributed by atoms with van der Waals surface area (Å²) in [6.45, 7) is 3.58. The van der Waals surface area contributed by atoms with Crippen LogP contribution in [0.1, 0.15) is 33.8 Å².